The van der Waals surface area contributed by atoms with Crippen LogP contribution < -0.4 is 0 Å². The van der Waals surface area contributed by atoms with Crippen LogP contribution in [0.1, 0.15) is 35.1 Å². The van der Waals surface area contributed by atoms with Gasteiger partial charge in [-0.25, -0.2) is 4.39 Å². The maximum Gasteiger partial charge on any atom is 0.123 e. The molecular formula is C44H33FIrN2O-2. The molecule has 0 aliphatic rings. The Balaban J connectivity index is 0.000000171. The van der Waals surface area contributed by atoms with Crippen LogP contribution >= 0.6 is 0 Å². The molecule has 3 heterocycles. The zero-order valence-corrected chi connectivity index (χ0v) is 29.8. The van der Waals surface area contributed by atoms with E-state index in [2.05, 4.69) is 96.6 Å². The van der Waals surface area contributed by atoms with Gasteiger partial charge in [-0.15, -0.1) is 53.6 Å². The monoisotopic (exact) mass is 817 g/mol. The number of nitrogens with zero attached hydrogens (tertiary/aromatic N) is 2. The predicted octanol–water partition coefficient (Wildman–Crippen LogP) is 11.6. The average Bonchev–Trinajstić information content (AvgIpc) is 3.50. The van der Waals surface area contributed by atoms with E-state index in [1.54, 1.807) is 18.3 Å². The minimum absolute atomic E-state index is 0. The molecule has 8 aromatic rings. The maximum atomic E-state index is 13.2. The van der Waals surface area contributed by atoms with Crippen molar-refractivity contribution in [1.29, 1.82) is 0 Å². The number of aromatic nitrogens is 2. The van der Waals surface area contributed by atoms with E-state index in [0.29, 0.717) is 5.92 Å². The standard InChI is InChI=1S/C25H19FN.C19H14NO.Ir/c1-18(19-6-3-2-4-7-19)21-8-5-9-23(16-21)25-17-22(14-15-27-25)20-10-12-24(26)13-11-20;1-12-6-8-14-15-4-3-5-16(19(15)21-18(14)10-12)17-9-7-13(2)11-20-17;/h2-8,10-18H,1H3;3-4,6-11H,1-2H3;/q2*-1;. The fraction of sp³-hybridized carbons (Fsp3) is 0.0909. The number of fused-ring (bicyclic) bond motifs is 3. The van der Waals surface area contributed by atoms with Crippen LogP contribution in [-0.4, -0.2) is 9.97 Å². The van der Waals surface area contributed by atoms with Crippen LogP contribution in [0, 0.1) is 31.8 Å². The molecule has 49 heavy (non-hydrogen) atoms. The van der Waals surface area contributed by atoms with E-state index in [9.17, 15) is 4.39 Å². The number of aryl methyl sites for hydroxylation is 2. The molecule has 3 aromatic heterocycles. The summed E-state index contributed by atoms with van der Waals surface area (Å²) in [6.45, 7) is 6.31. The maximum absolute atomic E-state index is 13.2. The van der Waals surface area contributed by atoms with Crippen LogP contribution in [0.5, 0.6) is 0 Å². The van der Waals surface area contributed by atoms with E-state index in [4.69, 9.17) is 4.42 Å². The van der Waals surface area contributed by atoms with Gasteiger partial charge in [-0.3, -0.25) is 0 Å². The van der Waals surface area contributed by atoms with Crippen molar-refractivity contribution in [2.45, 2.75) is 26.7 Å². The van der Waals surface area contributed by atoms with E-state index in [1.807, 2.05) is 55.6 Å². The van der Waals surface area contributed by atoms with Gasteiger partial charge in [0.25, 0.3) is 0 Å². The van der Waals surface area contributed by atoms with E-state index in [1.165, 1.54) is 28.8 Å². The topological polar surface area (TPSA) is 38.9 Å². The van der Waals surface area contributed by atoms with Crippen molar-refractivity contribution in [2.24, 2.45) is 0 Å². The summed E-state index contributed by atoms with van der Waals surface area (Å²) in [5.41, 5.74) is 12.2. The van der Waals surface area contributed by atoms with E-state index >= 15 is 0 Å². The zero-order valence-electron chi connectivity index (χ0n) is 27.4. The second-order valence-corrected chi connectivity index (χ2v) is 12.0. The molecule has 5 heteroatoms. The number of pyridine rings is 2. The Morgan fingerprint density at radius 2 is 1.43 bits per heavy atom. The first-order valence-electron chi connectivity index (χ1n) is 16.0. The molecule has 5 aromatic carbocycles. The summed E-state index contributed by atoms with van der Waals surface area (Å²) in [4.78, 5) is 9.02. The minimum Gasteiger partial charge on any atom is -0.501 e. The molecule has 1 unspecified atom stereocenters. The van der Waals surface area contributed by atoms with Gasteiger partial charge in [-0.2, -0.15) is 0 Å². The van der Waals surface area contributed by atoms with E-state index in [-0.39, 0.29) is 25.9 Å². The summed E-state index contributed by atoms with van der Waals surface area (Å²) in [6.07, 6.45) is 3.66. The van der Waals surface area contributed by atoms with Gasteiger partial charge in [0.15, 0.2) is 0 Å². The van der Waals surface area contributed by atoms with E-state index in [0.717, 1.165) is 61.1 Å². The zero-order chi connectivity index (χ0) is 33.0. The summed E-state index contributed by atoms with van der Waals surface area (Å²) in [5, 5.41) is 2.25. The normalized spacial score (nSPS) is 11.4. The summed E-state index contributed by atoms with van der Waals surface area (Å²) in [6, 6.07) is 48.1. The molecule has 0 N–H and O–H groups in total. The third-order valence-electron chi connectivity index (χ3n) is 8.59. The van der Waals surface area contributed by atoms with Crippen LogP contribution in [0.2, 0.25) is 0 Å². The number of furan rings is 1. The number of hydrogen-bond acceptors (Lipinski definition) is 3. The van der Waals surface area contributed by atoms with Crippen LogP contribution in [0.25, 0.3) is 55.6 Å². The molecule has 1 radical (unpaired) electrons. The summed E-state index contributed by atoms with van der Waals surface area (Å²) in [7, 11) is 0. The van der Waals surface area contributed by atoms with Crippen LogP contribution in [0.3, 0.4) is 0 Å². The van der Waals surface area contributed by atoms with Crippen molar-refractivity contribution in [3.8, 4) is 33.6 Å². The number of benzene rings is 5. The van der Waals surface area contributed by atoms with Crippen molar-refractivity contribution in [3.05, 3.63) is 180 Å². The summed E-state index contributed by atoms with van der Waals surface area (Å²) < 4.78 is 19.3. The number of halogens is 1. The number of hydrogen-bond donors (Lipinski definition) is 0. The molecular weight excluding hydrogens is 784 g/mol. The molecule has 243 valence electrons. The molecule has 0 amide bonds. The van der Waals surface area contributed by atoms with Gasteiger partial charge in [0.2, 0.25) is 0 Å². The van der Waals surface area contributed by atoms with Crippen LogP contribution in [0.15, 0.2) is 144 Å². The Bertz CT molecular complexity index is 2330. The van der Waals surface area contributed by atoms with Gasteiger partial charge in [-0.1, -0.05) is 90.7 Å². The van der Waals surface area contributed by atoms with Gasteiger partial charge in [0.05, 0.1) is 5.58 Å². The Morgan fingerprint density at radius 1 is 0.653 bits per heavy atom. The average molecular weight is 817 g/mol. The molecule has 3 nitrogen and oxygen atoms in total. The van der Waals surface area contributed by atoms with Gasteiger partial charge < -0.3 is 14.4 Å². The first kappa shape index (κ1) is 33.7. The van der Waals surface area contributed by atoms with Crippen molar-refractivity contribution in [3.63, 3.8) is 0 Å². The summed E-state index contributed by atoms with van der Waals surface area (Å²) >= 11 is 0. The Morgan fingerprint density at radius 3 is 2.20 bits per heavy atom. The largest absolute Gasteiger partial charge is 0.501 e. The summed E-state index contributed by atoms with van der Waals surface area (Å²) in [5.74, 6) is 0.0591. The van der Waals surface area contributed by atoms with Gasteiger partial charge in [0, 0.05) is 37.9 Å². The Labute approximate surface area is 299 Å². The third-order valence-corrected chi connectivity index (χ3v) is 8.59. The van der Waals surface area contributed by atoms with Crippen LogP contribution in [0.4, 0.5) is 4.39 Å². The van der Waals surface area contributed by atoms with Gasteiger partial charge >= 0.3 is 0 Å². The second-order valence-electron chi connectivity index (χ2n) is 12.0. The van der Waals surface area contributed by atoms with Crippen molar-refractivity contribution < 1.29 is 28.9 Å². The smallest absolute Gasteiger partial charge is 0.123 e. The fourth-order valence-electron chi connectivity index (χ4n) is 5.89. The minimum atomic E-state index is -0.232. The Hall–Kier alpha value is -5.22. The van der Waals surface area contributed by atoms with Gasteiger partial charge in [-0.05, 0) is 83.2 Å². The quantitative estimate of drug-likeness (QED) is 0.162. The first-order chi connectivity index (χ1) is 23.4. The molecule has 0 saturated carbocycles. The Kier molecular flexibility index (Phi) is 10.2. The molecule has 0 spiro atoms. The fourth-order valence-corrected chi connectivity index (χ4v) is 5.89. The molecule has 0 aliphatic carbocycles. The third kappa shape index (κ3) is 7.44. The van der Waals surface area contributed by atoms with E-state index < -0.39 is 0 Å². The van der Waals surface area contributed by atoms with Crippen molar-refractivity contribution >= 4 is 21.9 Å². The molecule has 0 fully saturated rings. The number of rotatable bonds is 5. The van der Waals surface area contributed by atoms with Crippen molar-refractivity contribution in [1.82, 2.24) is 9.97 Å². The molecule has 1 atom stereocenters. The predicted molar refractivity (Wildman–Crippen MR) is 193 cm³/mol. The van der Waals surface area contributed by atoms with Gasteiger partial charge in [0.1, 0.15) is 11.4 Å². The van der Waals surface area contributed by atoms with Crippen LogP contribution in [-0.2, 0) is 20.1 Å². The SMILES string of the molecule is CC(c1ccccc1)c1cc[c-]c(-c2cc(-c3ccc(F)cc3)ccn2)c1.Cc1ccc(-c2[c-]ccc3c2oc2cc(C)ccc23)nc1.[Ir]. The molecule has 8 rings (SSSR count). The molecule has 0 bridgehead atoms. The first-order valence-corrected chi connectivity index (χ1v) is 16.0. The second kappa shape index (κ2) is 14.9. The van der Waals surface area contributed by atoms with Crippen molar-refractivity contribution in [2.75, 3.05) is 0 Å². The molecule has 0 saturated heterocycles. The molecule has 0 aliphatic heterocycles.